The summed E-state index contributed by atoms with van der Waals surface area (Å²) in [5.74, 6) is 0.304. The molecule has 2 amide bonds. The van der Waals surface area contributed by atoms with Crippen LogP contribution in [0, 0.1) is 5.92 Å². The van der Waals surface area contributed by atoms with Crippen LogP contribution in [0.3, 0.4) is 0 Å². The summed E-state index contributed by atoms with van der Waals surface area (Å²) in [7, 11) is 0. The van der Waals surface area contributed by atoms with Gasteiger partial charge in [-0.05, 0) is 86.0 Å². The second-order valence-corrected chi connectivity index (χ2v) is 11.1. The molecule has 6 heteroatoms. The van der Waals surface area contributed by atoms with E-state index in [0.29, 0.717) is 12.5 Å². The molecular formula is C26H44N2O4. The first-order valence-electron chi connectivity index (χ1n) is 12.2. The number of hydrogen-bond donors (Lipinski definition) is 0. The minimum Gasteiger partial charge on any atom is -0.444 e. The Morgan fingerprint density at radius 3 is 2.16 bits per heavy atom. The van der Waals surface area contributed by atoms with Crippen molar-refractivity contribution < 1.29 is 19.1 Å². The summed E-state index contributed by atoms with van der Waals surface area (Å²) in [5.41, 5.74) is -0.978. The number of carbonyl (C=O) groups excluding carboxylic acids is 2. The van der Waals surface area contributed by atoms with Crippen LogP contribution >= 0.6 is 0 Å². The van der Waals surface area contributed by atoms with Gasteiger partial charge in [-0.25, -0.2) is 9.59 Å². The van der Waals surface area contributed by atoms with Gasteiger partial charge in [0.05, 0.1) is 6.04 Å². The molecule has 0 radical (unpaired) electrons. The van der Waals surface area contributed by atoms with Crippen molar-refractivity contribution in [1.29, 1.82) is 0 Å². The molecule has 0 bridgehead atoms. The molecule has 0 N–H and O–H groups in total. The third kappa shape index (κ3) is 8.51. The van der Waals surface area contributed by atoms with Crippen LogP contribution in [0.2, 0.25) is 0 Å². The van der Waals surface area contributed by atoms with Crippen molar-refractivity contribution in [3.8, 4) is 0 Å². The predicted molar refractivity (Wildman–Crippen MR) is 129 cm³/mol. The van der Waals surface area contributed by atoms with Gasteiger partial charge < -0.3 is 19.3 Å². The lowest BCUT2D eigenvalue weighted by molar-refractivity contribution is 0.0188. The summed E-state index contributed by atoms with van der Waals surface area (Å²) < 4.78 is 11.2. The molecule has 0 aromatic heterocycles. The van der Waals surface area contributed by atoms with Crippen LogP contribution in [-0.2, 0) is 9.47 Å². The largest absolute Gasteiger partial charge is 0.444 e. The highest BCUT2D eigenvalue weighted by molar-refractivity contribution is 5.69. The zero-order valence-electron chi connectivity index (χ0n) is 21.1. The smallest absolute Gasteiger partial charge is 0.410 e. The molecule has 182 valence electrons. The fraction of sp³-hybridized carbons (Fsp3) is 0.769. The molecule has 0 aliphatic carbocycles. The van der Waals surface area contributed by atoms with Gasteiger partial charge in [-0.1, -0.05) is 24.6 Å². The summed E-state index contributed by atoms with van der Waals surface area (Å²) in [6.45, 7) is 16.8. The summed E-state index contributed by atoms with van der Waals surface area (Å²) >= 11 is 0. The van der Waals surface area contributed by atoms with E-state index in [4.69, 9.17) is 9.47 Å². The van der Waals surface area contributed by atoms with Crippen molar-refractivity contribution in [2.24, 2.45) is 5.92 Å². The highest BCUT2D eigenvalue weighted by atomic mass is 16.6. The van der Waals surface area contributed by atoms with Crippen LogP contribution in [0.5, 0.6) is 0 Å². The van der Waals surface area contributed by atoms with E-state index in [-0.39, 0.29) is 24.3 Å². The fourth-order valence-electron chi connectivity index (χ4n) is 4.43. The molecule has 2 heterocycles. The zero-order valence-corrected chi connectivity index (χ0v) is 21.1. The molecule has 2 aliphatic heterocycles. The molecule has 0 saturated carbocycles. The zero-order chi connectivity index (χ0) is 23.9. The van der Waals surface area contributed by atoms with E-state index < -0.39 is 11.2 Å². The number of ether oxygens (including phenoxy) is 2. The molecule has 3 atom stereocenters. The van der Waals surface area contributed by atoms with Crippen LogP contribution in [0.4, 0.5) is 9.59 Å². The maximum Gasteiger partial charge on any atom is 0.410 e. The highest BCUT2D eigenvalue weighted by Crippen LogP contribution is 2.27. The molecule has 3 unspecified atom stereocenters. The number of carbonyl (C=O) groups is 2. The van der Waals surface area contributed by atoms with E-state index in [2.05, 4.69) is 18.7 Å². The van der Waals surface area contributed by atoms with Crippen molar-refractivity contribution >= 4 is 12.2 Å². The second kappa shape index (κ2) is 11.2. The maximum atomic E-state index is 12.8. The van der Waals surface area contributed by atoms with Crippen molar-refractivity contribution in [2.45, 2.75) is 110 Å². The maximum absolute atomic E-state index is 12.8. The molecule has 0 spiro atoms. The van der Waals surface area contributed by atoms with E-state index in [1.807, 2.05) is 57.4 Å². The van der Waals surface area contributed by atoms with E-state index in [0.717, 1.165) is 51.5 Å². The van der Waals surface area contributed by atoms with Gasteiger partial charge in [0.2, 0.25) is 0 Å². The number of rotatable bonds is 5. The minimum atomic E-state index is -0.512. The summed E-state index contributed by atoms with van der Waals surface area (Å²) in [6.07, 6.45) is 12.8. The SMILES string of the molecule is C=CC1CCCC(C=CCCC2CCCN2C(=O)OC(C)(C)C)CN1C(=O)OC(C)(C)C. The van der Waals surface area contributed by atoms with E-state index in [1.165, 1.54) is 0 Å². The summed E-state index contributed by atoms with van der Waals surface area (Å²) in [6, 6.07) is 0.260. The van der Waals surface area contributed by atoms with Gasteiger partial charge >= 0.3 is 12.2 Å². The Morgan fingerprint density at radius 2 is 1.56 bits per heavy atom. The first-order chi connectivity index (χ1) is 14.9. The topological polar surface area (TPSA) is 59.1 Å². The van der Waals surface area contributed by atoms with E-state index >= 15 is 0 Å². The number of nitrogens with zero attached hydrogens (tertiary/aromatic N) is 2. The Morgan fingerprint density at radius 1 is 0.938 bits per heavy atom. The van der Waals surface area contributed by atoms with Crippen molar-refractivity contribution in [1.82, 2.24) is 9.80 Å². The normalized spacial score (nSPS) is 25.0. The Kier molecular flexibility index (Phi) is 9.23. The van der Waals surface area contributed by atoms with Crippen LogP contribution < -0.4 is 0 Å². The van der Waals surface area contributed by atoms with Crippen LogP contribution in [0.25, 0.3) is 0 Å². The molecule has 2 fully saturated rings. The molecule has 0 aromatic rings. The lowest BCUT2D eigenvalue weighted by Crippen LogP contribution is -2.43. The van der Waals surface area contributed by atoms with Crippen LogP contribution in [-0.4, -0.2) is 58.4 Å². The van der Waals surface area contributed by atoms with E-state index in [9.17, 15) is 9.59 Å². The highest BCUT2D eigenvalue weighted by Gasteiger charge is 2.32. The minimum absolute atomic E-state index is 0.0177. The van der Waals surface area contributed by atoms with Gasteiger partial charge in [-0.15, -0.1) is 6.58 Å². The Hall–Kier alpha value is -1.98. The number of amides is 2. The molecule has 2 rings (SSSR count). The lowest BCUT2D eigenvalue weighted by Gasteiger charge is -2.31. The van der Waals surface area contributed by atoms with Crippen LogP contribution in [0.15, 0.2) is 24.8 Å². The number of hydrogen-bond acceptors (Lipinski definition) is 4. The average molecular weight is 449 g/mol. The van der Waals surface area contributed by atoms with Gasteiger partial charge in [0, 0.05) is 19.1 Å². The quantitative estimate of drug-likeness (QED) is 0.462. The monoisotopic (exact) mass is 448 g/mol. The Labute approximate surface area is 195 Å². The summed E-state index contributed by atoms with van der Waals surface area (Å²) in [4.78, 5) is 29.0. The molecular weight excluding hydrogens is 404 g/mol. The first kappa shape index (κ1) is 26.3. The molecule has 6 nitrogen and oxygen atoms in total. The predicted octanol–water partition coefficient (Wildman–Crippen LogP) is 6.31. The van der Waals surface area contributed by atoms with Gasteiger partial charge in [-0.2, -0.15) is 0 Å². The fourth-order valence-corrected chi connectivity index (χ4v) is 4.43. The molecule has 2 saturated heterocycles. The Balaban J connectivity index is 1.91. The third-order valence-electron chi connectivity index (χ3n) is 5.89. The van der Waals surface area contributed by atoms with Gasteiger partial charge in [0.15, 0.2) is 0 Å². The second-order valence-electron chi connectivity index (χ2n) is 11.1. The lowest BCUT2D eigenvalue weighted by atomic mass is 10.0. The molecule has 0 aromatic carbocycles. The molecule has 32 heavy (non-hydrogen) atoms. The molecule has 2 aliphatic rings. The summed E-state index contributed by atoms with van der Waals surface area (Å²) in [5, 5.41) is 0. The Bertz CT molecular complexity index is 674. The van der Waals surface area contributed by atoms with Gasteiger partial charge in [-0.3, -0.25) is 0 Å². The number of allylic oxidation sites excluding steroid dienone is 1. The van der Waals surface area contributed by atoms with Crippen molar-refractivity contribution in [3.63, 3.8) is 0 Å². The van der Waals surface area contributed by atoms with Crippen molar-refractivity contribution in [2.75, 3.05) is 13.1 Å². The average Bonchev–Trinajstić information content (AvgIpc) is 3.02. The van der Waals surface area contributed by atoms with Crippen molar-refractivity contribution in [3.05, 3.63) is 24.8 Å². The van der Waals surface area contributed by atoms with Crippen LogP contribution in [0.1, 0.15) is 86.5 Å². The first-order valence-corrected chi connectivity index (χ1v) is 12.2. The van der Waals surface area contributed by atoms with Gasteiger partial charge in [0.25, 0.3) is 0 Å². The standard InChI is InChI=1S/C26H44N2O4/c1-8-21-16-11-14-20(19-28(21)24(30)32-26(5,6)7)13-9-10-15-22-17-12-18-27(22)23(29)31-25(2,3)4/h8-9,13,20-22H,1,10-12,14-19H2,2-7H3. The van der Waals surface area contributed by atoms with E-state index in [1.54, 1.807) is 0 Å². The third-order valence-corrected chi connectivity index (χ3v) is 5.89. The van der Waals surface area contributed by atoms with Gasteiger partial charge in [0.1, 0.15) is 11.2 Å². The number of likely N-dealkylation sites (tertiary alicyclic amines) is 2.